The van der Waals surface area contributed by atoms with E-state index in [2.05, 4.69) is 22.6 Å². The number of aliphatic hydroxyl groups is 1. The molecule has 13 heavy (non-hydrogen) atoms. The Morgan fingerprint density at radius 2 is 2.15 bits per heavy atom. The van der Waals surface area contributed by atoms with E-state index in [-0.39, 0.29) is 6.61 Å². The van der Waals surface area contributed by atoms with E-state index in [9.17, 15) is 0 Å². The number of halogens is 2. The van der Waals surface area contributed by atoms with Gasteiger partial charge in [-0.15, -0.1) is 11.3 Å². The zero-order valence-electron chi connectivity index (χ0n) is 6.55. The minimum atomic E-state index is 0.0870. The van der Waals surface area contributed by atoms with E-state index in [0.717, 1.165) is 23.6 Å². The van der Waals surface area contributed by atoms with Crippen LogP contribution in [0.3, 0.4) is 0 Å². The van der Waals surface area contributed by atoms with Gasteiger partial charge in [-0.2, -0.15) is 0 Å². The minimum Gasteiger partial charge on any atom is -0.392 e. The minimum absolute atomic E-state index is 0.0870. The second-order valence-electron chi connectivity index (χ2n) is 2.69. The number of hydrogen-bond acceptors (Lipinski definition) is 2. The summed E-state index contributed by atoms with van der Waals surface area (Å²) in [6, 6.07) is 5.99. The van der Waals surface area contributed by atoms with E-state index in [1.807, 2.05) is 18.2 Å². The Bertz CT molecular complexity index is 452. The first-order chi connectivity index (χ1) is 6.20. The van der Waals surface area contributed by atoms with E-state index in [1.54, 1.807) is 11.3 Å². The molecule has 1 heterocycles. The van der Waals surface area contributed by atoms with Crippen LogP contribution < -0.4 is 0 Å². The molecule has 0 spiro atoms. The summed E-state index contributed by atoms with van der Waals surface area (Å²) in [4.78, 5) is 0. The molecule has 0 atom stereocenters. The summed E-state index contributed by atoms with van der Waals surface area (Å²) in [5, 5.41) is 10.2. The highest BCUT2D eigenvalue weighted by Gasteiger charge is 2.04. The summed E-state index contributed by atoms with van der Waals surface area (Å²) in [7, 11) is 0. The van der Waals surface area contributed by atoms with E-state index in [0.29, 0.717) is 0 Å². The molecule has 68 valence electrons. The van der Waals surface area contributed by atoms with Crippen molar-refractivity contribution in [3.8, 4) is 0 Å². The van der Waals surface area contributed by atoms with Crippen LogP contribution in [-0.2, 0) is 6.61 Å². The van der Waals surface area contributed by atoms with Crippen LogP contribution in [0.2, 0.25) is 4.34 Å². The van der Waals surface area contributed by atoms with E-state index >= 15 is 0 Å². The monoisotopic (exact) mass is 324 g/mol. The van der Waals surface area contributed by atoms with Gasteiger partial charge in [0.1, 0.15) is 0 Å². The largest absolute Gasteiger partial charge is 0.392 e. The lowest BCUT2D eigenvalue weighted by Crippen LogP contribution is -1.86. The quantitative estimate of drug-likeness (QED) is 0.794. The van der Waals surface area contributed by atoms with Crippen molar-refractivity contribution in [2.24, 2.45) is 0 Å². The number of rotatable bonds is 1. The zero-order chi connectivity index (χ0) is 9.42. The van der Waals surface area contributed by atoms with Crippen LogP contribution in [-0.4, -0.2) is 5.11 Å². The maximum absolute atomic E-state index is 9.05. The van der Waals surface area contributed by atoms with Gasteiger partial charge in [-0.1, -0.05) is 11.6 Å². The lowest BCUT2D eigenvalue weighted by atomic mass is 10.2. The Labute approximate surface area is 98.5 Å². The van der Waals surface area contributed by atoms with Crippen LogP contribution in [0.4, 0.5) is 0 Å². The van der Waals surface area contributed by atoms with E-state index in [4.69, 9.17) is 16.7 Å². The first-order valence-electron chi connectivity index (χ1n) is 3.69. The number of benzene rings is 1. The molecule has 0 saturated heterocycles. The predicted octanol–water partition coefficient (Wildman–Crippen LogP) is 3.65. The number of hydrogen-bond donors (Lipinski definition) is 1. The van der Waals surface area contributed by atoms with Crippen molar-refractivity contribution in [3.05, 3.63) is 31.7 Å². The molecule has 4 heteroatoms. The Balaban J connectivity index is 2.72. The zero-order valence-corrected chi connectivity index (χ0v) is 10.3. The predicted molar refractivity (Wildman–Crippen MR) is 65.5 cm³/mol. The van der Waals surface area contributed by atoms with E-state index in [1.165, 1.54) is 0 Å². The Hall–Kier alpha value is 0.160. The average molecular weight is 325 g/mol. The molecule has 0 aliphatic rings. The second kappa shape index (κ2) is 3.73. The van der Waals surface area contributed by atoms with Crippen molar-refractivity contribution in [1.82, 2.24) is 0 Å². The van der Waals surface area contributed by atoms with Gasteiger partial charge in [-0.3, -0.25) is 0 Å². The van der Waals surface area contributed by atoms with Crippen LogP contribution in [0, 0.1) is 3.57 Å². The smallest absolute Gasteiger partial charge is 0.0940 e. The van der Waals surface area contributed by atoms with Gasteiger partial charge in [-0.25, -0.2) is 0 Å². The SMILES string of the molecule is OCc1cc2sc(Cl)cc2cc1I. The Kier molecular flexibility index (Phi) is 2.78. The fourth-order valence-electron chi connectivity index (χ4n) is 1.19. The van der Waals surface area contributed by atoms with Gasteiger partial charge in [0.25, 0.3) is 0 Å². The van der Waals surface area contributed by atoms with Crippen LogP contribution in [0.5, 0.6) is 0 Å². The molecule has 1 nitrogen and oxygen atoms in total. The molecule has 1 N–H and O–H groups in total. The molecule has 0 aliphatic carbocycles. The standard InChI is InChI=1S/C9H6ClIOS/c10-9-3-5-1-7(11)6(4-12)2-8(5)13-9/h1-3,12H,4H2. The second-order valence-corrected chi connectivity index (χ2v) is 5.57. The highest BCUT2D eigenvalue weighted by molar-refractivity contribution is 14.1. The molecule has 1 aromatic carbocycles. The summed E-state index contributed by atoms with van der Waals surface area (Å²) in [6.07, 6.45) is 0. The van der Waals surface area contributed by atoms with Gasteiger partial charge in [0, 0.05) is 8.27 Å². The highest BCUT2D eigenvalue weighted by Crippen LogP contribution is 2.31. The summed E-state index contributed by atoms with van der Waals surface area (Å²) >= 11 is 9.65. The lowest BCUT2D eigenvalue weighted by molar-refractivity contribution is 0.281. The molecule has 1 aromatic heterocycles. The first-order valence-corrected chi connectivity index (χ1v) is 5.96. The van der Waals surface area contributed by atoms with Crippen molar-refractivity contribution in [1.29, 1.82) is 0 Å². The molecule has 0 fully saturated rings. The molecule has 2 aromatic rings. The normalized spacial score (nSPS) is 11.0. The third-order valence-corrected chi connectivity index (χ3v) is 4.06. The molecular formula is C9H6ClIOS. The molecule has 0 amide bonds. The van der Waals surface area contributed by atoms with Crippen molar-refractivity contribution >= 4 is 55.6 Å². The van der Waals surface area contributed by atoms with Crippen LogP contribution in [0.1, 0.15) is 5.56 Å². The van der Waals surface area contributed by atoms with Gasteiger partial charge in [-0.05, 0) is 51.7 Å². The van der Waals surface area contributed by atoms with Crippen molar-refractivity contribution in [2.75, 3.05) is 0 Å². The van der Waals surface area contributed by atoms with Gasteiger partial charge in [0.2, 0.25) is 0 Å². The number of fused-ring (bicyclic) bond motifs is 1. The molecule has 0 unspecified atom stereocenters. The molecule has 0 saturated carbocycles. The molecule has 0 radical (unpaired) electrons. The van der Waals surface area contributed by atoms with Crippen molar-refractivity contribution in [3.63, 3.8) is 0 Å². The van der Waals surface area contributed by atoms with Crippen molar-refractivity contribution in [2.45, 2.75) is 6.61 Å². The lowest BCUT2D eigenvalue weighted by Gasteiger charge is -1.99. The van der Waals surface area contributed by atoms with Gasteiger partial charge >= 0.3 is 0 Å². The summed E-state index contributed by atoms with van der Waals surface area (Å²) in [5.74, 6) is 0. The highest BCUT2D eigenvalue weighted by atomic mass is 127. The van der Waals surface area contributed by atoms with Crippen LogP contribution >= 0.6 is 45.5 Å². The van der Waals surface area contributed by atoms with Gasteiger partial charge < -0.3 is 5.11 Å². The van der Waals surface area contributed by atoms with Crippen LogP contribution in [0.25, 0.3) is 10.1 Å². The third kappa shape index (κ3) is 1.83. The fourth-order valence-corrected chi connectivity index (χ4v) is 3.05. The van der Waals surface area contributed by atoms with Crippen molar-refractivity contribution < 1.29 is 5.11 Å². The topological polar surface area (TPSA) is 20.2 Å². The summed E-state index contributed by atoms with van der Waals surface area (Å²) in [5.41, 5.74) is 0.964. The number of thiophene rings is 1. The molecule has 0 aliphatic heterocycles. The molecule has 0 bridgehead atoms. The maximum Gasteiger partial charge on any atom is 0.0940 e. The maximum atomic E-state index is 9.05. The van der Waals surface area contributed by atoms with Crippen LogP contribution in [0.15, 0.2) is 18.2 Å². The first kappa shape index (κ1) is 9.71. The Morgan fingerprint density at radius 3 is 2.85 bits per heavy atom. The average Bonchev–Trinajstić information content (AvgIpc) is 2.42. The third-order valence-electron chi connectivity index (χ3n) is 1.83. The summed E-state index contributed by atoms with van der Waals surface area (Å²) < 4.78 is 3.01. The van der Waals surface area contributed by atoms with Gasteiger partial charge in [0.05, 0.1) is 10.9 Å². The van der Waals surface area contributed by atoms with Gasteiger partial charge in [0.15, 0.2) is 0 Å². The molecule has 2 rings (SSSR count). The molecular weight excluding hydrogens is 319 g/mol. The fraction of sp³-hybridized carbons (Fsp3) is 0.111. The number of aliphatic hydroxyl groups excluding tert-OH is 1. The summed E-state index contributed by atoms with van der Waals surface area (Å²) in [6.45, 7) is 0.0870. The Morgan fingerprint density at radius 1 is 1.38 bits per heavy atom. The van der Waals surface area contributed by atoms with E-state index < -0.39 is 0 Å².